The summed E-state index contributed by atoms with van der Waals surface area (Å²) in [6.45, 7) is 0. The minimum atomic E-state index is -0.864. The van der Waals surface area contributed by atoms with Crippen LogP contribution in [0.5, 0.6) is 0 Å². The molecule has 122 valence electrons. The van der Waals surface area contributed by atoms with E-state index in [1.165, 1.54) is 0 Å². The van der Waals surface area contributed by atoms with Crippen LogP contribution in [0, 0.1) is 20.2 Å². The molecule has 0 saturated carbocycles. The molecule has 0 aromatic carbocycles. The van der Waals surface area contributed by atoms with Crippen LogP contribution in [-0.2, 0) is 0 Å². The van der Waals surface area contributed by atoms with Crippen LogP contribution in [0.25, 0.3) is 11.9 Å². The van der Waals surface area contributed by atoms with Gasteiger partial charge >= 0.3 is 35.7 Å². The third-order valence-electron chi connectivity index (χ3n) is 2.41. The topological polar surface area (TPSA) is 251 Å². The number of hydrogen-bond acceptors (Lipinski definition) is 14. The van der Waals surface area contributed by atoms with Gasteiger partial charge in [0.1, 0.15) is 0 Å². The smallest absolute Gasteiger partial charge is 0.390 e. The molecule has 0 saturated heterocycles. The Hall–Kier alpha value is -4.38. The Morgan fingerprint density at radius 1 is 0.750 bits per heavy atom. The van der Waals surface area contributed by atoms with Crippen molar-refractivity contribution >= 4 is 23.8 Å². The van der Waals surface area contributed by atoms with Crippen LogP contribution in [0.15, 0.2) is 0 Å². The lowest BCUT2D eigenvalue weighted by Gasteiger charge is -1.96. The molecule has 3 aromatic rings. The molecule has 0 spiro atoms. The normalized spacial score (nSPS) is 10.7. The van der Waals surface area contributed by atoms with E-state index in [9.17, 15) is 20.2 Å². The third-order valence-corrected chi connectivity index (χ3v) is 2.41. The molecule has 0 fully saturated rings. The molecule has 0 amide bonds. The predicted octanol–water partition coefficient (Wildman–Crippen LogP) is -2.59. The van der Waals surface area contributed by atoms with Gasteiger partial charge in [-0.1, -0.05) is 9.36 Å². The van der Waals surface area contributed by atoms with Crippen molar-refractivity contribution in [1.29, 1.82) is 0 Å². The highest BCUT2D eigenvalue weighted by Gasteiger charge is 2.25. The number of nitro groups is 2. The Balaban J connectivity index is 1.97. The number of nitrogens with two attached hydrogens (primary N) is 2. The number of hydrogen-bond donors (Lipinski definition) is 2. The lowest BCUT2D eigenvalue weighted by molar-refractivity contribution is -0.394. The molecular formula is C6H4N14O4. The van der Waals surface area contributed by atoms with Crippen LogP contribution >= 0.6 is 0 Å². The van der Waals surface area contributed by atoms with Crippen molar-refractivity contribution in [2.45, 2.75) is 0 Å². The van der Waals surface area contributed by atoms with Crippen molar-refractivity contribution < 1.29 is 9.85 Å². The van der Waals surface area contributed by atoms with E-state index >= 15 is 0 Å². The second-order valence-corrected chi connectivity index (χ2v) is 3.88. The lowest BCUT2D eigenvalue weighted by atomic mass is 10.9. The standard InChI is InChI=1S/C6H4N14O4/c7-1-9-3(19(21)22)15-17(1)5-11-13-6(14-12-5)18-2(8)10-4(16-18)20(23)24/h(H2,7,9,15)(H2,8,10,16). The van der Waals surface area contributed by atoms with Crippen LogP contribution in [0.3, 0.4) is 0 Å². The van der Waals surface area contributed by atoms with Crippen molar-refractivity contribution in [3.63, 3.8) is 0 Å². The predicted molar refractivity (Wildman–Crippen MR) is 69.6 cm³/mol. The van der Waals surface area contributed by atoms with E-state index < -0.39 is 21.7 Å². The number of nitrogen functional groups attached to an aromatic ring is 2. The number of nitrogens with zero attached hydrogens (tertiary/aromatic N) is 12. The summed E-state index contributed by atoms with van der Waals surface area (Å²) in [7, 11) is 0. The first kappa shape index (κ1) is 14.6. The van der Waals surface area contributed by atoms with Crippen molar-refractivity contribution in [2.24, 2.45) is 0 Å². The highest BCUT2D eigenvalue weighted by molar-refractivity contribution is 5.31. The first-order valence-corrected chi connectivity index (χ1v) is 5.69. The summed E-state index contributed by atoms with van der Waals surface area (Å²) >= 11 is 0. The average molecular weight is 336 g/mol. The van der Waals surface area contributed by atoms with Gasteiger partial charge in [0.25, 0.3) is 0 Å². The van der Waals surface area contributed by atoms with Gasteiger partial charge in [0.15, 0.2) is 0 Å². The van der Waals surface area contributed by atoms with E-state index in [2.05, 4.69) is 40.6 Å². The molecular weight excluding hydrogens is 332 g/mol. The van der Waals surface area contributed by atoms with Gasteiger partial charge in [0, 0.05) is 10.2 Å². The average Bonchev–Trinajstić information content (AvgIpc) is 3.11. The molecule has 0 atom stereocenters. The zero-order chi connectivity index (χ0) is 17.4. The minimum Gasteiger partial charge on any atom is -0.390 e. The van der Waals surface area contributed by atoms with E-state index in [-0.39, 0.29) is 23.8 Å². The SMILES string of the molecule is Nc1nc([N+](=O)[O-])nn1-c1nnc(-n2nc([N+](=O)[O-])nc2N)nn1. The Labute approximate surface area is 128 Å². The first-order chi connectivity index (χ1) is 11.4. The zero-order valence-corrected chi connectivity index (χ0v) is 11.2. The third kappa shape index (κ3) is 2.34. The highest BCUT2D eigenvalue weighted by atomic mass is 16.6. The van der Waals surface area contributed by atoms with E-state index in [1.54, 1.807) is 0 Å². The number of rotatable bonds is 4. The summed E-state index contributed by atoms with van der Waals surface area (Å²) < 4.78 is 1.46. The Bertz CT molecular complexity index is 864. The van der Waals surface area contributed by atoms with Gasteiger partial charge in [-0.25, -0.2) is 0 Å². The van der Waals surface area contributed by atoms with Crippen LogP contribution in [-0.4, -0.2) is 59.8 Å². The Kier molecular flexibility index (Phi) is 3.10. The van der Waals surface area contributed by atoms with Crippen LogP contribution in [0.1, 0.15) is 0 Å². The highest BCUT2D eigenvalue weighted by Crippen LogP contribution is 2.12. The van der Waals surface area contributed by atoms with Gasteiger partial charge in [0.05, 0.1) is 0 Å². The largest absolute Gasteiger partial charge is 0.493 e. The first-order valence-electron chi connectivity index (χ1n) is 5.69. The molecule has 0 radical (unpaired) electrons. The summed E-state index contributed by atoms with van der Waals surface area (Å²) in [4.78, 5) is 26.2. The van der Waals surface area contributed by atoms with Gasteiger partial charge in [-0.3, -0.25) is 0 Å². The van der Waals surface area contributed by atoms with E-state index in [0.717, 1.165) is 9.36 Å². The number of aromatic nitrogens is 10. The Morgan fingerprint density at radius 3 is 1.33 bits per heavy atom. The molecule has 3 heterocycles. The summed E-state index contributed by atoms with van der Waals surface area (Å²) in [5.41, 5.74) is 10.9. The summed E-state index contributed by atoms with van der Waals surface area (Å²) in [5.74, 6) is -2.93. The van der Waals surface area contributed by atoms with Crippen molar-refractivity contribution in [3.8, 4) is 11.9 Å². The maximum Gasteiger partial charge on any atom is 0.493 e. The maximum atomic E-state index is 10.6. The van der Waals surface area contributed by atoms with Gasteiger partial charge in [0.2, 0.25) is 0 Å². The Morgan fingerprint density at radius 2 is 1.08 bits per heavy atom. The fourth-order valence-electron chi connectivity index (χ4n) is 1.46. The quantitative estimate of drug-likeness (QED) is 0.366. The number of anilines is 2. The van der Waals surface area contributed by atoms with E-state index in [0.29, 0.717) is 0 Å². The van der Waals surface area contributed by atoms with Crippen molar-refractivity contribution in [1.82, 2.24) is 49.9 Å². The van der Waals surface area contributed by atoms with Crippen molar-refractivity contribution in [2.75, 3.05) is 11.5 Å². The van der Waals surface area contributed by atoms with Gasteiger partial charge in [-0.2, -0.15) is 0 Å². The molecule has 0 aliphatic carbocycles. The molecule has 0 aliphatic rings. The van der Waals surface area contributed by atoms with E-state index in [1.807, 2.05) is 0 Å². The monoisotopic (exact) mass is 336 g/mol. The van der Waals surface area contributed by atoms with Crippen LogP contribution in [0.4, 0.5) is 23.8 Å². The van der Waals surface area contributed by atoms with Gasteiger partial charge in [-0.15, -0.1) is 20.4 Å². The van der Waals surface area contributed by atoms with Gasteiger partial charge < -0.3 is 31.7 Å². The maximum absolute atomic E-state index is 10.6. The van der Waals surface area contributed by atoms with E-state index in [4.69, 9.17) is 11.5 Å². The fraction of sp³-hybridized carbons (Fsp3) is 0. The molecule has 18 nitrogen and oxygen atoms in total. The summed E-state index contributed by atoms with van der Waals surface area (Å²) in [6, 6.07) is 0. The summed E-state index contributed by atoms with van der Waals surface area (Å²) in [5, 5.41) is 42.4. The van der Waals surface area contributed by atoms with Crippen LogP contribution < -0.4 is 11.5 Å². The fourth-order valence-corrected chi connectivity index (χ4v) is 1.46. The van der Waals surface area contributed by atoms with Crippen LogP contribution in [0.2, 0.25) is 0 Å². The molecule has 3 rings (SSSR count). The molecule has 3 aromatic heterocycles. The molecule has 0 unspecified atom stereocenters. The van der Waals surface area contributed by atoms with Gasteiger partial charge in [-0.05, 0) is 19.8 Å². The molecule has 18 heteroatoms. The minimum absolute atomic E-state index is 0.329. The molecule has 24 heavy (non-hydrogen) atoms. The zero-order valence-electron chi connectivity index (χ0n) is 11.2. The lowest BCUT2D eigenvalue weighted by Crippen LogP contribution is -2.14. The summed E-state index contributed by atoms with van der Waals surface area (Å²) in [6.07, 6.45) is 0. The molecule has 0 aliphatic heterocycles. The second-order valence-electron chi connectivity index (χ2n) is 3.88. The van der Waals surface area contributed by atoms with Crippen molar-refractivity contribution in [3.05, 3.63) is 20.2 Å². The second kappa shape index (κ2) is 5.11. The molecule has 0 bridgehead atoms. The molecule has 4 N–H and O–H groups in total.